The Morgan fingerprint density at radius 3 is 2.71 bits per heavy atom. The highest BCUT2D eigenvalue weighted by Gasteiger charge is 2.39. The second-order valence-electron chi connectivity index (χ2n) is 11.1. The Morgan fingerprint density at radius 2 is 2.06 bits per heavy atom. The maximum absolute atomic E-state index is 13.2. The summed E-state index contributed by atoms with van der Waals surface area (Å²) >= 11 is 0. The van der Waals surface area contributed by atoms with E-state index in [1.807, 2.05) is 23.1 Å². The summed E-state index contributed by atoms with van der Waals surface area (Å²) < 4.78 is 6.12. The van der Waals surface area contributed by atoms with E-state index in [9.17, 15) is 10.1 Å². The monoisotopic (exact) mass is 473 g/mol. The van der Waals surface area contributed by atoms with E-state index in [-0.39, 0.29) is 23.5 Å². The van der Waals surface area contributed by atoms with Gasteiger partial charge in [-0.1, -0.05) is 19.9 Å². The van der Waals surface area contributed by atoms with Crippen LogP contribution in [-0.2, 0) is 29.0 Å². The lowest BCUT2D eigenvalue weighted by Gasteiger charge is -2.44. The molecule has 0 bridgehead atoms. The number of anilines is 1. The van der Waals surface area contributed by atoms with Crippen molar-refractivity contribution in [2.24, 2.45) is 5.92 Å². The molecule has 1 amide bonds. The molecule has 0 radical (unpaired) electrons. The lowest BCUT2D eigenvalue weighted by molar-refractivity contribution is -0.134. The number of pyridine rings is 2. The first kappa shape index (κ1) is 23.7. The van der Waals surface area contributed by atoms with Crippen LogP contribution < -0.4 is 4.90 Å². The van der Waals surface area contributed by atoms with Gasteiger partial charge in [0.1, 0.15) is 11.9 Å². The quantitative estimate of drug-likeness (QED) is 0.653. The minimum atomic E-state index is -0.297. The van der Waals surface area contributed by atoms with Crippen LogP contribution in [0.25, 0.3) is 0 Å². The van der Waals surface area contributed by atoms with Crippen molar-refractivity contribution in [3.63, 3.8) is 0 Å². The Labute approximate surface area is 208 Å². The summed E-state index contributed by atoms with van der Waals surface area (Å²) in [5, 5.41) is 10.3. The summed E-state index contributed by atoms with van der Waals surface area (Å²) in [6.07, 6.45) is 5.06. The number of amides is 1. The fourth-order valence-electron chi connectivity index (χ4n) is 5.46. The van der Waals surface area contributed by atoms with Crippen molar-refractivity contribution in [3.8, 4) is 6.07 Å². The molecule has 2 aromatic heterocycles. The van der Waals surface area contributed by atoms with Crippen molar-refractivity contribution in [1.82, 2.24) is 14.9 Å². The summed E-state index contributed by atoms with van der Waals surface area (Å²) in [6.45, 7) is 11.0. The Morgan fingerprint density at radius 1 is 1.26 bits per heavy atom. The number of carbonyl (C=O) groups excluding carboxylic acids is 1. The zero-order chi connectivity index (χ0) is 24.7. The fourth-order valence-corrected chi connectivity index (χ4v) is 5.46. The Kier molecular flexibility index (Phi) is 6.27. The molecule has 1 aliphatic carbocycles. The molecule has 1 saturated carbocycles. The zero-order valence-corrected chi connectivity index (χ0v) is 21.3. The number of nitriles is 1. The molecule has 2 aromatic rings. The highest BCUT2D eigenvalue weighted by molar-refractivity contribution is 5.79. The second-order valence-corrected chi connectivity index (χ2v) is 11.1. The van der Waals surface area contributed by atoms with Crippen molar-refractivity contribution in [2.75, 3.05) is 24.5 Å². The van der Waals surface area contributed by atoms with E-state index in [4.69, 9.17) is 9.72 Å². The van der Waals surface area contributed by atoms with E-state index in [1.54, 1.807) is 6.20 Å². The van der Waals surface area contributed by atoms with Crippen LogP contribution in [0, 0.1) is 17.2 Å². The fraction of sp³-hybridized carbons (Fsp3) is 0.571. The van der Waals surface area contributed by atoms with Gasteiger partial charge < -0.3 is 14.5 Å². The van der Waals surface area contributed by atoms with Crippen LogP contribution in [0.2, 0.25) is 0 Å². The first-order valence-electron chi connectivity index (χ1n) is 12.8. The standard InChI is InChI=1S/C28H35N5O2/c1-18(2)24-16-32(11-12-33(24)25(34)13-20-7-5-6-10-30-20)27-22(15-29)21-14-28(3,4)35-17-23(21)26(31-27)19-8-9-19/h5-7,10,18-19,24H,8-9,11-14,16-17H2,1-4H3. The summed E-state index contributed by atoms with van der Waals surface area (Å²) in [6, 6.07) is 8.24. The predicted octanol–water partition coefficient (Wildman–Crippen LogP) is 3.99. The van der Waals surface area contributed by atoms with Gasteiger partial charge in [0.2, 0.25) is 5.91 Å². The third-order valence-corrected chi connectivity index (χ3v) is 7.58. The molecule has 5 rings (SSSR count). The molecule has 2 aliphatic heterocycles. The van der Waals surface area contributed by atoms with Gasteiger partial charge >= 0.3 is 0 Å². The van der Waals surface area contributed by atoms with Crippen LogP contribution in [0.5, 0.6) is 0 Å². The maximum Gasteiger partial charge on any atom is 0.228 e. The van der Waals surface area contributed by atoms with E-state index in [0.717, 1.165) is 47.6 Å². The van der Waals surface area contributed by atoms with Crippen LogP contribution in [0.15, 0.2) is 24.4 Å². The second kappa shape index (κ2) is 9.23. The van der Waals surface area contributed by atoms with Crippen LogP contribution in [0.4, 0.5) is 5.82 Å². The summed E-state index contributed by atoms with van der Waals surface area (Å²) in [7, 11) is 0. The number of piperazine rings is 1. The van der Waals surface area contributed by atoms with Crippen LogP contribution in [-0.4, -0.2) is 52.1 Å². The summed E-state index contributed by atoms with van der Waals surface area (Å²) in [5.74, 6) is 1.66. The molecular formula is C28H35N5O2. The van der Waals surface area contributed by atoms with Crippen molar-refractivity contribution in [3.05, 3.63) is 52.5 Å². The molecule has 1 saturated heterocycles. The van der Waals surface area contributed by atoms with E-state index < -0.39 is 0 Å². The first-order valence-corrected chi connectivity index (χ1v) is 12.8. The number of nitrogens with zero attached hydrogens (tertiary/aromatic N) is 5. The molecule has 3 aliphatic rings. The van der Waals surface area contributed by atoms with Gasteiger partial charge in [-0.3, -0.25) is 9.78 Å². The molecule has 1 unspecified atom stereocenters. The number of ether oxygens (including phenoxy) is 1. The highest BCUT2D eigenvalue weighted by Crippen LogP contribution is 2.46. The lowest BCUT2D eigenvalue weighted by Crippen LogP contribution is -2.58. The van der Waals surface area contributed by atoms with Gasteiger partial charge in [-0.05, 0) is 50.3 Å². The Balaban J connectivity index is 1.45. The topological polar surface area (TPSA) is 82.4 Å². The van der Waals surface area contributed by atoms with Gasteiger partial charge in [-0.2, -0.15) is 5.26 Å². The average Bonchev–Trinajstić information content (AvgIpc) is 3.68. The van der Waals surface area contributed by atoms with Gasteiger partial charge in [0, 0.05) is 49.4 Å². The third kappa shape index (κ3) is 4.77. The normalized spacial score (nSPS) is 21.5. The van der Waals surface area contributed by atoms with Gasteiger partial charge in [0.05, 0.1) is 35.9 Å². The van der Waals surface area contributed by atoms with Crippen LogP contribution in [0.3, 0.4) is 0 Å². The lowest BCUT2D eigenvalue weighted by atomic mass is 9.87. The molecule has 7 nitrogen and oxygen atoms in total. The van der Waals surface area contributed by atoms with Gasteiger partial charge in [-0.15, -0.1) is 0 Å². The van der Waals surface area contributed by atoms with E-state index in [2.05, 4.69) is 43.6 Å². The smallest absolute Gasteiger partial charge is 0.228 e. The molecule has 4 heterocycles. The number of carbonyl (C=O) groups is 1. The van der Waals surface area contributed by atoms with E-state index >= 15 is 0 Å². The molecule has 0 aromatic carbocycles. The van der Waals surface area contributed by atoms with Gasteiger partial charge in [-0.25, -0.2) is 4.98 Å². The number of rotatable bonds is 5. The molecule has 35 heavy (non-hydrogen) atoms. The largest absolute Gasteiger partial charge is 0.370 e. The average molecular weight is 474 g/mol. The Hall–Kier alpha value is -2.98. The molecular weight excluding hydrogens is 438 g/mol. The van der Waals surface area contributed by atoms with Crippen molar-refractivity contribution in [2.45, 2.75) is 77.5 Å². The van der Waals surface area contributed by atoms with Crippen molar-refractivity contribution < 1.29 is 9.53 Å². The number of hydrogen-bond acceptors (Lipinski definition) is 6. The minimum absolute atomic E-state index is 0.0495. The SMILES string of the molecule is CC(C)C1CN(c2nc(C3CC3)c3c(c2C#N)CC(C)(C)OC3)CCN1C(=O)Cc1ccccn1. The molecule has 0 spiro atoms. The third-order valence-electron chi connectivity index (χ3n) is 7.58. The number of aromatic nitrogens is 2. The molecule has 7 heteroatoms. The number of hydrogen-bond donors (Lipinski definition) is 0. The summed E-state index contributed by atoms with van der Waals surface area (Å²) in [5.41, 5.74) is 4.57. The molecule has 184 valence electrons. The van der Waals surface area contributed by atoms with Gasteiger partial charge in [0.15, 0.2) is 0 Å². The number of fused-ring (bicyclic) bond motifs is 1. The maximum atomic E-state index is 13.2. The first-order chi connectivity index (χ1) is 16.8. The molecule has 2 fully saturated rings. The van der Waals surface area contributed by atoms with Gasteiger partial charge in [0.25, 0.3) is 0 Å². The van der Waals surface area contributed by atoms with Crippen LogP contribution >= 0.6 is 0 Å². The minimum Gasteiger partial charge on any atom is -0.370 e. The summed E-state index contributed by atoms with van der Waals surface area (Å²) in [4.78, 5) is 27.0. The predicted molar refractivity (Wildman–Crippen MR) is 134 cm³/mol. The molecule has 1 atom stereocenters. The molecule has 0 N–H and O–H groups in total. The van der Waals surface area contributed by atoms with Crippen molar-refractivity contribution >= 4 is 11.7 Å². The van der Waals surface area contributed by atoms with E-state index in [1.165, 1.54) is 0 Å². The zero-order valence-electron chi connectivity index (χ0n) is 21.3. The van der Waals surface area contributed by atoms with Crippen LogP contribution in [0.1, 0.15) is 74.5 Å². The highest BCUT2D eigenvalue weighted by atomic mass is 16.5. The Bertz CT molecular complexity index is 1150. The van der Waals surface area contributed by atoms with E-state index in [0.29, 0.717) is 44.1 Å². The van der Waals surface area contributed by atoms with Crippen molar-refractivity contribution in [1.29, 1.82) is 5.26 Å².